The molecule has 110 valence electrons. The molecule has 1 atom stereocenters. The first-order valence-electron chi connectivity index (χ1n) is 7.51. The lowest BCUT2D eigenvalue weighted by atomic mass is 10.1. The van der Waals surface area contributed by atoms with Gasteiger partial charge in [0.15, 0.2) is 6.17 Å². The van der Waals surface area contributed by atoms with Gasteiger partial charge in [0.1, 0.15) is 0 Å². The topological polar surface area (TPSA) is 37.3 Å². The highest BCUT2D eigenvalue weighted by Crippen LogP contribution is 2.09. The molecular weight excluding hydrogens is 243 g/mol. The van der Waals surface area contributed by atoms with Gasteiger partial charge < -0.3 is 5.11 Å². The molecule has 0 aliphatic heterocycles. The standard InChI is InChI=1S/C16H27FO2/c1-2-3-4-5-6-7-8-9-10-11-12-13-14-15(17)16(18)19/h15H,2-10,13-14H2,1H3,(H,18,19). The van der Waals surface area contributed by atoms with Crippen LogP contribution >= 0.6 is 0 Å². The second-order valence-electron chi connectivity index (χ2n) is 4.92. The van der Waals surface area contributed by atoms with Gasteiger partial charge in [0.05, 0.1) is 0 Å². The van der Waals surface area contributed by atoms with Crippen molar-refractivity contribution in [1.82, 2.24) is 0 Å². The number of rotatable bonds is 11. The number of hydrogen-bond donors (Lipinski definition) is 1. The smallest absolute Gasteiger partial charge is 0.338 e. The van der Waals surface area contributed by atoms with Crippen LogP contribution in [0, 0.1) is 11.8 Å². The Hall–Kier alpha value is -1.04. The van der Waals surface area contributed by atoms with Crippen molar-refractivity contribution in [3.8, 4) is 11.8 Å². The molecule has 0 heterocycles. The van der Waals surface area contributed by atoms with Crippen molar-refractivity contribution < 1.29 is 14.3 Å². The Morgan fingerprint density at radius 3 is 2.11 bits per heavy atom. The number of unbranched alkanes of at least 4 members (excludes halogenated alkanes) is 8. The molecule has 0 spiro atoms. The van der Waals surface area contributed by atoms with Crippen LogP contribution in [0.5, 0.6) is 0 Å². The molecule has 0 rings (SSSR count). The fourth-order valence-corrected chi connectivity index (χ4v) is 1.85. The van der Waals surface area contributed by atoms with E-state index in [1.54, 1.807) is 0 Å². The third-order valence-corrected chi connectivity index (χ3v) is 3.07. The molecule has 0 amide bonds. The maximum Gasteiger partial charge on any atom is 0.338 e. The second kappa shape index (κ2) is 13.4. The van der Waals surface area contributed by atoms with Gasteiger partial charge in [-0.1, -0.05) is 51.9 Å². The Morgan fingerprint density at radius 2 is 1.53 bits per heavy atom. The third kappa shape index (κ3) is 13.2. The highest BCUT2D eigenvalue weighted by Gasteiger charge is 2.13. The van der Waals surface area contributed by atoms with E-state index in [-0.39, 0.29) is 6.42 Å². The fourth-order valence-electron chi connectivity index (χ4n) is 1.85. The van der Waals surface area contributed by atoms with Gasteiger partial charge >= 0.3 is 5.97 Å². The molecule has 1 unspecified atom stereocenters. The summed E-state index contributed by atoms with van der Waals surface area (Å²) in [6.07, 6.45) is 9.64. The summed E-state index contributed by atoms with van der Waals surface area (Å²) in [5, 5.41) is 8.34. The second-order valence-corrected chi connectivity index (χ2v) is 4.92. The summed E-state index contributed by atoms with van der Waals surface area (Å²) in [7, 11) is 0. The largest absolute Gasteiger partial charge is 0.479 e. The van der Waals surface area contributed by atoms with Gasteiger partial charge in [0.2, 0.25) is 0 Å². The van der Waals surface area contributed by atoms with E-state index in [4.69, 9.17) is 5.11 Å². The summed E-state index contributed by atoms with van der Waals surface area (Å²) >= 11 is 0. The van der Waals surface area contributed by atoms with E-state index in [1.165, 1.54) is 44.9 Å². The quantitative estimate of drug-likeness (QED) is 0.435. The van der Waals surface area contributed by atoms with Crippen LogP contribution in [0.4, 0.5) is 4.39 Å². The summed E-state index contributed by atoms with van der Waals surface area (Å²) in [4.78, 5) is 10.2. The average molecular weight is 270 g/mol. The van der Waals surface area contributed by atoms with Gasteiger partial charge in [-0.2, -0.15) is 0 Å². The van der Waals surface area contributed by atoms with Gasteiger partial charge in [-0.15, -0.1) is 11.8 Å². The molecule has 0 aromatic rings. The molecule has 1 N–H and O–H groups in total. The van der Waals surface area contributed by atoms with Crippen molar-refractivity contribution in [2.75, 3.05) is 0 Å². The SMILES string of the molecule is CCCCCCCCCCC#CCCC(F)C(=O)O. The van der Waals surface area contributed by atoms with Gasteiger partial charge in [-0.25, -0.2) is 9.18 Å². The van der Waals surface area contributed by atoms with Crippen LogP contribution in [0.3, 0.4) is 0 Å². The lowest BCUT2D eigenvalue weighted by molar-refractivity contribution is -0.142. The van der Waals surface area contributed by atoms with Crippen molar-refractivity contribution in [1.29, 1.82) is 0 Å². The van der Waals surface area contributed by atoms with Crippen LogP contribution in [-0.2, 0) is 4.79 Å². The molecule has 0 aromatic carbocycles. The predicted molar refractivity (Wildman–Crippen MR) is 76.8 cm³/mol. The number of carbonyl (C=O) groups is 1. The molecule has 0 bridgehead atoms. The number of alkyl halides is 1. The maximum atomic E-state index is 12.7. The highest BCUT2D eigenvalue weighted by atomic mass is 19.1. The molecule has 0 aliphatic carbocycles. The van der Waals surface area contributed by atoms with Crippen LogP contribution < -0.4 is 0 Å². The van der Waals surface area contributed by atoms with E-state index in [2.05, 4.69) is 18.8 Å². The van der Waals surface area contributed by atoms with Crippen molar-refractivity contribution >= 4 is 5.97 Å². The summed E-state index contributed by atoms with van der Waals surface area (Å²) < 4.78 is 12.7. The summed E-state index contributed by atoms with van der Waals surface area (Å²) in [5.41, 5.74) is 0. The van der Waals surface area contributed by atoms with E-state index >= 15 is 0 Å². The first-order chi connectivity index (χ1) is 9.18. The molecular formula is C16H27FO2. The molecule has 0 fully saturated rings. The average Bonchev–Trinajstić information content (AvgIpc) is 2.39. The van der Waals surface area contributed by atoms with E-state index in [0.29, 0.717) is 6.42 Å². The minimum absolute atomic E-state index is 0.000236. The maximum absolute atomic E-state index is 12.7. The van der Waals surface area contributed by atoms with E-state index in [9.17, 15) is 9.18 Å². The van der Waals surface area contributed by atoms with Gasteiger partial charge in [-0.05, 0) is 6.42 Å². The Balaban J connectivity index is 3.24. The van der Waals surface area contributed by atoms with Crippen molar-refractivity contribution in [2.24, 2.45) is 0 Å². The molecule has 0 saturated carbocycles. The molecule has 0 aliphatic rings. The van der Waals surface area contributed by atoms with Gasteiger partial charge in [0, 0.05) is 19.3 Å². The normalized spacial score (nSPS) is 11.7. The molecule has 19 heavy (non-hydrogen) atoms. The van der Waals surface area contributed by atoms with E-state index in [1.807, 2.05) is 0 Å². The number of hydrogen-bond acceptors (Lipinski definition) is 1. The third-order valence-electron chi connectivity index (χ3n) is 3.07. The number of aliphatic carboxylic acids is 1. The Kier molecular flexibility index (Phi) is 12.7. The zero-order valence-electron chi connectivity index (χ0n) is 12.1. The monoisotopic (exact) mass is 270 g/mol. The Morgan fingerprint density at radius 1 is 1.00 bits per heavy atom. The summed E-state index contributed by atoms with van der Waals surface area (Å²) in [6.45, 7) is 2.22. The van der Waals surface area contributed by atoms with Crippen LogP contribution in [0.15, 0.2) is 0 Å². The molecule has 0 saturated heterocycles. The van der Waals surface area contributed by atoms with Crippen molar-refractivity contribution in [2.45, 2.75) is 83.7 Å². The number of halogens is 1. The van der Waals surface area contributed by atoms with Gasteiger partial charge in [0.25, 0.3) is 0 Å². The molecule has 0 radical (unpaired) electrons. The van der Waals surface area contributed by atoms with Crippen molar-refractivity contribution in [3.63, 3.8) is 0 Å². The fraction of sp³-hybridized carbons (Fsp3) is 0.812. The Bertz CT molecular complexity index is 278. The lowest BCUT2D eigenvalue weighted by Gasteiger charge is -1.99. The van der Waals surface area contributed by atoms with Gasteiger partial charge in [-0.3, -0.25) is 0 Å². The molecule has 3 heteroatoms. The van der Waals surface area contributed by atoms with E-state index in [0.717, 1.165) is 12.8 Å². The predicted octanol–water partition coefficient (Wildman–Crippen LogP) is 4.72. The highest BCUT2D eigenvalue weighted by molar-refractivity contribution is 5.71. The van der Waals surface area contributed by atoms with Crippen LogP contribution in [0.25, 0.3) is 0 Å². The molecule has 2 nitrogen and oxygen atoms in total. The zero-order valence-corrected chi connectivity index (χ0v) is 12.1. The Labute approximate surface area is 116 Å². The lowest BCUT2D eigenvalue weighted by Crippen LogP contribution is -2.13. The minimum Gasteiger partial charge on any atom is -0.479 e. The number of carboxylic acid groups (broad SMARTS) is 1. The van der Waals surface area contributed by atoms with Crippen LogP contribution in [-0.4, -0.2) is 17.2 Å². The zero-order chi connectivity index (χ0) is 14.3. The van der Waals surface area contributed by atoms with Crippen LogP contribution in [0.1, 0.15) is 77.6 Å². The van der Waals surface area contributed by atoms with Crippen molar-refractivity contribution in [3.05, 3.63) is 0 Å². The first kappa shape index (κ1) is 18.0. The number of carboxylic acids is 1. The van der Waals surface area contributed by atoms with Crippen LogP contribution in [0.2, 0.25) is 0 Å². The summed E-state index contributed by atoms with van der Waals surface area (Å²) in [5.74, 6) is 4.43. The first-order valence-corrected chi connectivity index (χ1v) is 7.51. The van der Waals surface area contributed by atoms with E-state index < -0.39 is 12.1 Å². The minimum atomic E-state index is -1.77. The summed E-state index contributed by atoms with van der Waals surface area (Å²) in [6, 6.07) is 0. The molecule has 0 aromatic heterocycles.